The molecule has 2 fully saturated rings. The van der Waals surface area contributed by atoms with E-state index < -0.39 is 16.6 Å². The molecule has 2 aliphatic rings. The zero-order chi connectivity index (χ0) is 22.6. The van der Waals surface area contributed by atoms with Crippen LogP contribution in [-0.4, -0.2) is 34.6 Å². The molecule has 0 aromatic heterocycles. The lowest BCUT2D eigenvalue weighted by Crippen LogP contribution is -2.50. The standard InChI is InChI=1S/C22H32N4O5/c1-22(2,3)31-21(28)25-17-11-16(12-17)23-18-10-9-15(13-19(18)26(29)30)24-20(27)14-7-5-4-6-8-14/h9-10,13-14,16-17,23H,4-8,11-12H2,1-3H3,(H,24,27)(H,25,28). The molecule has 1 aromatic rings. The van der Waals surface area contributed by atoms with Crippen LogP contribution in [0, 0.1) is 16.0 Å². The molecule has 3 rings (SSSR count). The first-order valence-corrected chi connectivity index (χ1v) is 11.0. The average molecular weight is 433 g/mol. The Morgan fingerprint density at radius 2 is 1.77 bits per heavy atom. The SMILES string of the molecule is CC(C)(C)OC(=O)NC1CC(Nc2ccc(NC(=O)C3CCCCC3)cc2[N+](=O)[O-])C1. The molecule has 0 atom stereocenters. The van der Waals surface area contributed by atoms with E-state index in [9.17, 15) is 19.7 Å². The first kappa shape index (κ1) is 22.8. The summed E-state index contributed by atoms with van der Waals surface area (Å²) in [5.41, 5.74) is 0.206. The number of alkyl carbamates (subject to hydrolysis) is 1. The van der Waals surface area contributed by atoms with Gasteiger partial charge in [-0.1, -0.05) is 19.3 Å². The summed E-state index contributed by atoms with van der Waals surface area (Å²) in [4.78, 5) is 35.4. The Morgan fingerprint density at radius 3 is 2.39 bits per heavy atom. The zero-order valence-corrected chi connectivity index (χ0v) is 18.4. The second kappa shape index (κ2) is 9.53. The minimum Gasteiger partial charge on any atom is -0.444 e. The topological polar surface area (TPSA) is 123 Å². The molecule has 9 heteroatoms. The van der Waals surface area contributed by atoms with Gasteiger partial charge in [-0.05, 0) is 58.6 Å². The van der Waals surface area contributed by atoms with Gasteiger partial charge in [-0.15, -0.1) is 0 Å². The Kier molecular flexibility index (Phi) is 7.02. The van der Waals surface area contributed by atoms with Crippen molar-refractivity contribution in [2.45, 2.75) is 83.4 Å². The van der Waals surface area contributed by atoms with Crippen molar-refractivity contribution in [3.63, 3.8) is 0 Å². The second-order valence-corrected chi connectivity index (χ2v) is 9.47. The molecule has 0 aliphatic heterocycles. The summed E-state index contributed by atoms with van der Waals surface area (Å²) in [6.07, 6.45) is 5.83. The summed E-state index contributed by atoms with van der Waals surface area (Å²) in [7, 11) is 0. The summed E-state index contributed by atoms with van der Waals surface area (Å²) in [5, 5.41) is 20.4. The number of amides is 2. The van der Waals surface area contributed by atoms with Gasteiger partial charge >= 0.3 is 6.09 Å². The Hall–Kier alpha value is -2.84. The van der Waals surface area contributed by atoms with Crippen LogP contribution in [0.25, 0.3) is 0 Å². The van der Waals surface area contributed by atoms with Crippen LogP contribution in [0.3, 0.4) is 0 Å². The molecule has 1 aromatic carbocycles. The van der Waals surface area contributed by atoms with Gasteiger partial charge in [0.25, 0.3) is 5.69 Å². The molecule has 2 amide bonds. The van der Waals surface area contributed by atoms with Crippen LogP contribution in [0.5, 0.6) is 0 Å². The van der Waals surface area contributed by atoms with Gasteiger partial charge in [-0.2, -0.15) is 0 Å². The smallest absolute Gasteiger partial charge is 0.407 e. The zero-order valence-electron chi connectivity index (χ0n) is 18.4. The van der Waals surface area contributed by atoms with E-state index in [4.69, 9.17) is 4.74 Å². The third-order valence-electron chi connectivity index (χ3n) is 5.66. The van der Waals surface area contributed by atoms with E-state index in [1.165, 1.54) is 6.07 Å². The van der Waals surface area contributed by atoms with Crippen molar-refractivity contribution in [3.8, 4) is 0 Å². The number of hydrogen-bond donors (Lipinski definition) is 3. The summed E-state index contributed by atoms with van der Waals surface area (Å²) in [6.45, 7) is 5.41. The Balaban J connectivity index is 1.54. The van der Waals surface area contributed by atoms with E-state index in [2.05, 4.69) is 16.0 Å². The summed E-state index contributed by atoms with van der Waals surface area (Å²) in [5.74, 6) is -0.0836. The molecule has 0 saturated heterocycles. The van der Waals surface area contributed by atoms with E-state index in [-0.39, 0.29) is 29.6 Å². The largest absolute Gasteiger partial charge is 0.444 e. The van der Waals surface area contributed by atoms with Crippen LogP contribution in [0.4, 0.5) is 21.9 Å². The predicted molar refractivity (Wildman–Crippen MR) is 118 cm³/mol. The summed E-state index contributed by atoms with van der Waals surface area (Å²) in [6, 6.07) is 4.70. The molecule has 0 bridgehead atoms. The number of hydrogen-bond acceptors (Lipinski definition) is 6. The maximum absolute atomic E-state index is 12.4. The van der Waals surface area contributed by atoms with E-state index in [0.29, 0.717) is 24.2 Å². The quantitative estimate of drug-likeness (QED) is 0.447. The molecule has 170 valence electrons. The average Bonchev–Trinajstić information content (AvgIpc) is 2.66. The number of nitrogens with zero attached hydrogens (tertiary/aromatic N) is 1. The summed E-state index contributed by atoms with van der Waals surface area (Å²) >= 11 is 0. The van der Waals surface area contributed by atoms with Gasteiger partial charge in [0.1, 0.15) is 11.3 Å². The lowest BCUT2D eigenvalue weighted by molar-refractivity contribution is -0.383. The molecule has 0 unspecified atom stereocenters. The first-order valence-electron chi connectivity index (χ1n) is 11.0. The highest BCUT2D eigenvalue weighted by atomic mass is 16.6. The van der Waals surface area contributed by atoms with Crippen LogP contribution in [0.2, 0.25) is 0 Å². The molecule has 2 aliphatic carbocycles. The number of anilines is 2. The van der Waals surface area contributed by atoms with Gasteiger partial charge in [-0.3, -0.25) is 14.9 Å². The number of nitro benzene ring substituents is 1. The van der Waals surface area contributed by atoms with E-state index in [1.54, 1.807) is 32.9 Å². The molecule has 0 spiro atoms. The number of ether oxygens (including phenoxy) is 1. The minimum absolute atomic E-state index is 0.0151. The van der Waals surface area contributed by atoms with Crippen molar-refractivity contribution in [3.05, 3.63) is 28.3 Å². The van der Waals surface area contributed by atoms with Gasteiger partial charge in [-0.25, -0.2) is 4.79 Å². The van der Waals surface area contributed by atoms with Gasteiger partial charge in [0.2, 0.25) is 5.91 Å². The maximum Gasteiger partial charge on any atom is 0.407 e. The van der Waals surface area contributed by atoms with Crippen LogP contribution >= 0.6 is 0 Å². The number of benzene rings is 1. The maximum atomic E-state index is 12.4. The highest BCUT2D eigenvalue weighted by Gasteiger charge is 2.33. The normalized spacial score (nSPS) is 21.5. The molecular weight excluding hydrogens is 400 g/mol. The van der Waals surface area contributed by atoms with E-state index in [1.807, 2.05) is 0 Å². The molecular formula is C22H32N4O5. The number of rotatable bonds is 6. The highest BCUT2D eigenvalue weighted by Crippen LogP contribution is 2.33. The van der Waals surface area contributed by atoms with Crippen molar-refractivity contribution in [1.29, 1.82) is 0 Å². The lowest BCUT2D eigenvalue weighted by Gasteiger charge is -2.37. The molecule has 31 heavy (non-hydrogen) atoms. The minimum atomic E-state index is -0.555. The summed E-state index contributed by atoms with van der Waals surface area (Å²) < 4.78 is 5.24. The van der Waals surface area contributed by atoms with Crippen molar-refractivity contribution >= 4 is 29.1 Å². The van der Waals surface area contributed by atoms with Crippen molar-refractivity contribution in [1.82, 2.24) is 5.32 Å². The monoisotopic (exact) mass is 432 g/mol. The second-order valence-electron chi connectivity index (χ2n) is 9.47. The number of nitro groups is 1. The van der Waals surface area contributed by atoms with Crippen LogP contribution in [-0.2, 0) is 9.53 Å². The fraction of sp³-hybridized carbons (Fsp3) is 0.636. The Bertz CT molecular complexity index is 824. The van der Waals surface area contributed by atoms with Crippen molar-refractivity contribution in [2.24, 2.45) is 5.92 Å². The van der Waals surface area contributed by atoms with Crippen LogP contribution in [0.15, 0.2) is 18.2 Å². The fourth-order valence-electron chi connectivity index (χ4n) is 4.04. The number of carbonyl (C=O) groups excluding carboxylic acids is 2. The first-order chi connectivity index (χ1) is 14.6. The van der Waals surface area contributed by atoms with Gasteiger partial charge in [0.15, 0.2) is 0 Å². The molecule has 9 nitrogen and oxygen atoms in total. The molecule has 0 heterocycles. The Labute approximate surface area is 182 Å². The van der Waals surface area contributed by atoms with E-state index >= 15 is 0 Å². The van der Waals surface area contributed by atoms with Crippen molar-refractivity contribution < 1.29 is 19.2 Å². The molecule has 3 N–H and O–H groups in total. The third kappa shape index (κ3) is 6.57. The number of nitrogens with one attached hydrogen (secondary N) is 3. The number of carbonyl (C=O) groups is 2. The predicted octanol–water partition coefficient (Wildman–Crippen LogP) is 4.58. The van der Waals surface area contributed by atoms with Gasteiger partial charge < -0.3 is 20.7 Å². The molecule has 0 radical (unpaired) electrons. The van der Waals surface area contributed by atoms with E-state index in [0.717, 1.165) is 32.1 Å². The van der Waals surface area contributed by atoms with Crippen LogP contribution < -0.4 is 16.0 Å². The fourth-order valence-corrected chi connectivity index (χ4v) is 4.04. The van der Waals surface area contributed by atoms with Gasteiger partial charge in [0.05, 0.1) is 4.92 Å². The molecule has 2 saturated carbocycles. The lowest BCUT2D eigenvalue weighted by atomic mass is 9.86. The van der Waals surface area contributed by atoms with Crippen molar-refractivity contribution in [2.75, 3.05) is 10.6 Å². The Morgan fingerprint density at radius 1 is 1.10 bits per heavy atom. The van der Waals surface area contributed by atoms with Crippen LogP contribution in [0.1, 0.15) is 65.7 Å². The third-order valence-corrected chi connectivity index (χ3v) is 5.66. The van der Waals surface area contributed by atoms with Gasteiger partial charge in [0, 0.05) is 29.8 Å². The highest BCUT2D eigenvalue weighted by molar-refractivity contribution is 5.93.